The van der Waals surface area contributed by atoms with E-state index in [0.29, 0.717) is 0 Å². The molecule has 0 N–H and O–H groups in total. The van der Waals surface area contributed by atoms with Gasteiger partial charge in [0.1, 0.15) is 0 Å². The fourth-order valence-electron chi connectivity index (χ4n) is 8.54. The summed E-state index contributed by atoms with van der Waals surface area (Å²) in [5.41, 5.74) is 27.9. The van der Waals surface area contributed by atoms with Crippen molar-refractivity contribution in [1.82, 2.24) is 0 Å². The molecule has 0 spiro atoms. The average molecular weight is 882 g/mol. The summed E-state index contributed by atoms with van der Waals surface area (Å²) in [4.78, 5) is 0. The van der Waals surface area contributed by atoms with Crippen molar-refractivity contribution < 1.29 is 0 Å². The number of benzene rings is 6. The summed E-state index contributed by atoms with van der Waals surface area (Å²) < 4.78 is 3.25. The first-order chi connectivity index (χ1) is 23.7. The van der Waals surface area contributed by atoms with Crippen LogP contribution in [0, 0.1) is 83.1 Å². The summed E-state index contributed by atoms with van der Waals surface area (Å²) in [5.74, 6) is 0. The van der Waals surface area contributed by atoms with Crippen molar-refractivity contribution in [2.45, 2.75) is 83.1 Å². The third kappa shape index (κ3) is 7.16. The van der Waals surface area contributed by atoms with Crippen LogP contribution in [0.2, 0.25) is 0 Å². The Morgan fingerprint density at radius 2 is 0.460 bits per heavy atom. The van der Waals surface area contributed by atoms with Gasteiger partial charge >= 0.3 is 321 Å². The SMILES string of the molecule is Cc1cc(C)c(-c2cccc(-c3c(C)cc(C)cc3C)c2[Te][Te]c2c(-c3c(C)cc(C)cc3C)cccc2-c2c(C)cc(C)cc2C)c(C)c1. The van der Waals surface area contributed by atoms with Crippen molar-refractivity contribution in [2.24, 2.45) is 0 Å². The van der Waals surface area contributed by atoms with Gasteiger partial charge in [0.2, 0.25) is 0 Å². The van der Waals surface area contributed by atoms with Gasteiger partial charge in [0.25, 0.3) is 0 Å². The molecule has 0 fully saturated rings. The molecule has 0 heterocycles. The summed E-state index contributed by atoms with van der Waals surface area (Å²) in [5, 5.41) is 0. The summed E-state index contributed by atoms with van der Waals surface area (Å²) >= 11 is -1.22. The van der Waals surface area contributed by atoms with E-state index in [-0.39, 0.29) is 0 Å². The van der Waals surface area contributed by atoms with Gasteiger partial charge in [0.05, 0.1) is 0 Å². The molecule has 0 amide bonds. The fourth-order valence-corrected chi connectivity index (χ4v) is 22.1. The Labute approximate surface area is 318 Å². The minimum absolute atomic E-state index is 0.611. The molecule has 0 atom stereocenters. The monoisotopic (exact) mass is 886 g/mol. The summed E-state index contributed by atoms with van der Waals surface area (Å²) in [6.45, 7) is 27.4. The van der Waals surface area contributed by atoms with Gasteiger partial charge in [-0.25, -0.2) is 0 Å². The van der Waals surface area contributed by atoms with E-state index >= 15 is 0 Å². The van der Waals surface area contributed by atoms with Crippen LogP contribution in [0.15, 0.2) is 84.9 Å². The first kappa shape index (κ1) is 36.7. The van der Waals surface area contributed by atoms with E-state index in [4.69, 9.17) is 0 Å². The van der Waals surface area contributed by atoms with E-state index in [2.05, 4.69) is 168 Å². The Morgan fingerprint density at radius 3 is 0.640 bits per heavy atom. The number of hydrogen-bond acceptors (Lipinski definition) is 0. The van der Waals surface area contributed by atoms with Crippen LogP contribution in [0.5, 0.6) is 0 Å². The van der Waals surface area contributed by atoms with Gasteiger partial charge in [0.15, 0.2) is 0 Å². The number of rotatable bonds is 7. The quantitative estimate of drug-likeness (QED) is 0.140. The fraction of sp³-hybridized carbons (Fsp3) is 0.250. The molecule has 0 aliphatic carbocycles. The molecule has 0 saturated carbocycles. The van der Waals surface area contributed by atoms with Gasteiger partial charge in [-0.2, -0.15) is 0 Å². The number of hydrogen-bond donors (Lipinski definition) is 0. The van der Waals surface area contributed by atoms with Crippen LogP contribution < -0.4 is 7.22 Å². The predicted octanol–water partition coefficient (Wildman–Crippen LogP) is 11.3. The van der Waals surface area contributed by atoms with Crippen molar-refractivity contribution in [3.8, 4) is 44.5 Å². The maximum atomic E-state index is 2.43. The van der Waals surface area contributed by atoms with E-state index < -0.39 is 34.1 Å². The van der Waals surface area contributed by atoms with Gasteiger partial charge in [-0.3, -0.25) is 0 Å². The molecular formula is C48H50Te2. The van der Waals surface area contributed by atoms with Crippen LogP contribution >= 0.6 is 0 Å². The summed E-state index contributed by atoms with van der Waals surface area (Å²) in [6.07, 6.45) is 0. The summed E-state index contributed by atoms with van der Waals surface area (Å²) in [7, 11) is 0. The Kier molecular flexibility index (Phi) is 10.9. The molecule has 6 rings (SSSR count). The van der Waals surface area contributed by atoms with E-state index in [1.807, 2.05) is 0 Å². The van der Waals surface area contributed by atoms with E-state index in [9.17, 15) is 0 Å². The Hall–Kier alpha value is -3.10. The maximum absolute atomic E-state index is 2.43. The average Bonchev–Trinajstić information content (AvgIpc) is 2.99. The van der Waals surface area contributed by atoms with Crippen molar-refractivity contribution in [3.63, 3.8) is 0 Å². The molecule has 0 aliphatic rings. The molecule has 2 heteroatoms. The zero-order chi connectivity index (χ0) is 36.0. The molecule has 0 saturated heterocycles. The molecule has 0 aromatic heterocycles. The topological polar surface area (TPSA) is 0 Å². The van der Waals surface area contributed by atoms with Gasteiger partial charge in [0, 0.05) is 0 Å². The van der Waals surface area contributed by atoms with Gasteiger partial charge in [-0.1, -0.05) is 0 Å². The van der Waals surface area contributed by atoms with E-state index in [1.165, 1.54) is 111 Å². The van der Waals surface area contributed by atoms with Crippen LogP contribution in [0.4, 0.5) is 0 Å². The Balaban J connectivity index is 1.64. The normalized spacial score (nSPS) is 11.4. The van der Waals surface area contributed by atoms with Crippen molar-refractivity contribution in [3.05, 3.63) is 152 Å². The predicted molar refractivity (Wildman–Crippen MR) is 222 cm³/mol. The molecule has 50 heavy (non-hydrogen) atoms. The van der Waals surface area contributed by atoms with Gasteiger partial charge < -0.3 is 0 Å². The van der Waals surface area contributed by atoms with Crippen molar-refractivity contribution in [2.75, 3.05) is 0 Å². The van der Waals surface area contributed by atoms with Crippen LogP contribution in [0.3, 0.4) is 0 Å². The summed E-state index contributed by atoms with van der Waals surface area (Å²) in [6, 6.07) is 33.3. The van der Waals surface area contributed by atoms with E-state index in [1.54, 1.807) is 7.22 Å². The Morgan fingerprint density at radius 1 is 0.280 bits per heavy atom. The molecule has 0 nitrogen and oxygen atoms in total. The molecule has 0 bridgehead atoms. The van der Waals surface area contributed by atoms with Crippen LogP contribution in [0.1, 0.15) is 66.8 Å². The molecule has 6 aromatic rings. The standard InChI is InChI=1S/C48H50Te2/c1-27-19-31(5)43(32(6)20-27)39-15-13-16-40(44-33(7)21-28(2)22-34(44)8)47(39)49-50-48-41(45-35(9)23-29(3)24-36(45)10)17-14-18-42(48)46-37(11)25-30(4)26-38(46)12/h13-26H,1-12H3. The van der Waals surface area contributed by atoms with Crippen LogP contribution in [-0.2, 0) is 0 Å². The zero-order valence-electron chi connectivity index (χ0n) is 31.9. The third-order valence-corrected chi connectivity index (χ3v) is 21.7. The van der Waals surface area contributed by atoms with Crippen LogP contribution in [-0.4, -0.2) is 34.1 Å². The first-order valence-electron chi connectivity index (χ1n) is 17.7. The van der Waals surface area contributed by atoms with Crippen LogP contribution in [0.25, 0.3) is 44.5 Å². The first-order valence-corrected chi connectivity index (χ1v) is 27.3. The van der Waals surface area contributed by atoms with Gasteiger partial charge in [-0.05, 0) is 0 Å². The number of aryl methyl sites for hydroxylation is 12. The van der Waals surface area contributed by atoms with E-state index in [0.717, 1.165) is 0 Å². The molecule has 0 radical (unpaired) electrons. The molecule has 254 valence electrons. The second kappa shape index (κ2) is 14.9. The van der Waals surface area contributed by atoms with Gasteiger partial charge in [-0.15, -0.1) is 0 Å². The molecule has 0 unspecified atom stereocenters. The molecular weight excluding hydrogens is 832 g/mol. The van der Waals surface area contributed by atoms with Crippen molar-refractivity contribution in [1.29, 1.82) is 0 Å². The second-order valence-electron chi connectivity index (χ2n) is 14.6. The van der Waals surface area contributed by atoms with Crippen molar-refractivity contribution >= 4 is 41.3 Å². The third-order valence-electron chi connectivity index (χ3n) is 10.0. The Bertz CT molecular complexity index is 1880. The zero-order valence-corrected chi connectivity index (χ0v) is 36.6. The molecule has 6 aromatic carbocycles. The second-order valence-corrected chi connectivity index (χ2v) is 24.3. The molecule has 0 aliphatic heterocycles. The minimum atomic E-state index is -0.611.